The molecule has 36 heavy (non-hydrogen) atoms. The van der Waals surface area contributed by atoms with Crippen LogP contribution < -0.4 is 9.80 Å². The van der Waals surface area contributed by atoms with Crippen LogP contribution in [0.2, 0.25) is 0 Å². The van der Waals surface area contributed by atoms with E-state index in [0.29, 0.717) is 5.13 Å². The normalized spacial score (nSPS) is 13.9. The van der Waals surface area contributed by atoms with Gasteiger partial charge in [-0.1, -0.05) is 11.3 Å². The van der Waals surface area contributed by atoms with E-state index in [1.54, 1.807) is 11.3 Å². The van der Waals surface area contributed by atoms with E-state index in [-0.39, 0.29) is 0 Å². The number of thiophene rings is 1. The molecule has 1 fully saturated rings. The minimum Gasteiger partial charge on any atom is -0.363 e. The molecular formula is C27H29N7S2. The third-order valence-electron chi connectivity index (χ3n) is 6.22. The van der Waals surface area contributed by atoms with Crippen molar-refractivity contribution in [2.75, 3.05) is 29.9 Å². The second-order valence-electron chi connectivity index (χ2n) is 8.98. The highest BCUT2D eigenvalue weighted by Crippen LogP contribution is 2.36. The number of hydrogen-bond donors (Lipinski definition) is 0. The summed E-state index contributed by atoms with van der Waals surface area (Å²) < 4.78 is 0. The summed E-state index contributed by atoms with van der Waals surface area (Å²) in [6.45, 7) is 8.40. The topological polar surface area (TPSA) is 68.8 Å². The standard InChI is InChI=1S/C27H29N7S2/c1-18-16-22(8-9-23(18)30-32-27-28-20(3)17-35-27)33(4)24-10-7-21(15-19(24)2)29-31-25-11-12-26(36-25)34-13-5-6-14-34/h7-12,15-17H,5-6,13-14H2,1-4H3/b31-29+,32-30+. The van der Waals surface area contributed by atoms with Crippen LogP contribution in [0.5, 0.6) is 0 Å². The minimum absolute atomic E-state index is 0.673. The molecule has 9 heteroatoms. The van der Waals surface area contributed by atoms with E-state index in [4.69, 9.17) is 0 Å². The summed E-state index contributed by atoms with van der Waals surface area (Å²) >= 11 is 3.20. The summed E-state index contributed by atoms with van der Waals surface area (Å²) in [5.74, 6) is 0. The van der Waals surface area contributed by atoms with E-state index in [9.17, 15) is 0 Å². The third kappa shape index (κ3) is 5.52. The first kappa shape index (κ1) is 24.3. The van der Waals surface area contributed by atoms with Crippen LogP contribution in [0.15, 0.2) is 74.4 Å². The molecule has 3 heterocycles. The number of nitrogens with zero attached hydrogens (tertiary/aromatic N) is 7. The van der Waals surface area contributed by atoms with Gasteiger partial charge in [-0.05, 0) is 93.3 Å². The van der Waals surface area contributed by atoms with Gasteiger partial charge in [0.2, 0.25) is 5.13 Å². The summed E-state index contributed by atoms with van der Waals surface area (Å²) in [5, 5.41) is 22.5. The van der Waals surface area contributed by atoms with Gasteiger partial charge in [-0.2, -0.15) is 0 Å². The van der Waals surface area contributed by atoms with E-state index in [1.165, 1.54) is 29.2 Å². The summed E-state index contributed by atoms with van der Waals surface area (Å²) in [4.78, 5) is 8.94. The average molecular weight is 516 g/mol. The first-order chi connectivity index (χ1) is 17.5. The van der Waals surface area contributed by atoms with E-state index in [1.807, 2.05) is 24.4 Å². The van der Waals surface area contributed by atoms with Crippen LogP contribution >= 0.6 is 22.7 Å². The zero-order valence-corrected chi connectivity index (χ0v) is 22.6. The van der Waals surface area contributed by atoms with Crippen molar-refractivity contribution in [1.29, 1.82) is 0 Å². The van der Waals surface area contributed by atoms with Gasteiger partial charge in [-0.3, -0.25) is 0 Å². The highest BCUT2D eigenvalue weighted by atomic mass is 32.1. The highest BCUT2D eigenvalue weighted by molar-refractivity contribution is 7.19. The zero-order valence-electron chi connectivity index (χ0n) is 21.0. The predicted molar refractivity (Wildman–Crippen MR) is 151 cm³/mol. The number of hydrogen-bond acceptors (Lipinski definition) is 9. The second-order valence-corrected chi connectivity index (χ2v) is 10.9. The number of aromatic nitrogens is 1. The van der Waals surface area contributed by atoms with Gasteiger partial charge in [0.05, 0.1) is 22.1 Å². The third-order valence-corrected chi connectivity index (χ3v) is 8.09. The number of anilines is 3. The van der Waals surface area contributed by atoms with Crippen LogP contribution in [-0.4, -0.2) is 25.1 Å². The molecule has 0 amide bonds. The fraction of sp³-hybridized carbons (Fsp3) is 0.296. The maximum Gasteiger partial charge on any atom is 0.230 e. The van der Waals surface area contributed by atoms with Gasteiger partial charge in [0.25, 0.3) is 0 Å². The molecule has 0 spiro atoms. The molecule has 2 aromatic heterocycles. The van der Waals surface area contributed by atoms with Crippen LogP contribution in [0.4, 0.5) is 37.9 Å². The molecule has 184 valence electrons. The molecular weight excluding hydrogens is 486 g/mol. The smallest absolute Gasteiger partial charge is 0.230 e. The van der Waals surface area contributed by atoms with E-state index < -0.39 is 0 Å². The molecule has 1 aliphatic rings. The molecule has 4 aromatic rings. The van der Waals surface area contributed by atoms with Gasteiger partial charge in [0, 0.05) is 36.9 Å². The van der Waals surface area contributed by atoms with Gasteiger partial charge < -0.3 is 9.80 Å². The van der Waals surface area contributed by atoms with E-state index in [2.05, 4.69) is 92.5 Å². The summed E-state index contributed by atoms with van der Waals surface area (Å²) in [5.41, 5.74) is 7.06. The largest absolute Gasteiger partial charge is 0.363 e. The molecule has 1 aliphatic heterocycles. The number of thiazole rings is 1. The van der Waals surface area contributed by atoms with E-state index >= 15 is 0 Å². The first-order valence-electron chi connectivity index (χ1n) is 12.0. The lowest BCUT2D eigenvalue weighted by molar-refractivity contribution is 0.949. The van der Waals surface area contributed by atoms with Crippen molar-refractivity contribution in [2.45, 2.75) is 33.6 Å². The van der Waals surface area contributed by atoms with Gasteiger partial charge in [-0.25, -0.2) is 4.98 Å². The molecule has 0 N–H and O–H groups in total. The fourth-order valence-electron chi connectivity index (χ4n) is 4.25. The van der Waals surface area contributed by atoms with Gasteiger partial charge in [-0.15, -0.1) is 31.8 Å². The quantitative estimate of drug-likeness (QED) is 0.230. The monoisotopic (exact) mass is 515 g/mol. The lowest BCUT2D eigenvalue weighted by Crippen LogP contribution is -2.15. The van der Waals surface area contributed by atoms with E-state index in [0.717, 1.165) is 57.7 Å². The molecule has 5 rings (SSSR count). The average Bonchev–Trinajstić information content (AvgIpc) is 3.64. The fourth-order valence-corrected chi connectivity index (χ4v) is 5.74. The van der Waals surface area contributed by atoms with Gasteiger partial charge in [0.1, 0.15) is 5.00 Å². The van der Waals surface area contributed by atoms with Crippen molar-refractivity contribution >= 4 is 60.6 Å². The summed E-state index contributed by atoms with van der Waals surface area (Å²) in [6, 6.07) is 16.6. The van der Waals surface area contributed by atoms with Gasteiger partial charge in [0.15, 0.2) is 0 Å². The Morgan fingerprint density at radius 2 is 1.69 bits per heavy atom. The lowest BCUT2D eigenvalue weighted by atomic mass is 10.1. The minimum atomic E-state index is 0.673. The molecule has 0 unspecified atom stereocenters. The Labute approximate surface area is 219 Å². The molecule has 1 saturated heterocycles. The lowest BCUT2D eigenvalue weighted by Gasteiger charge is -2.22. The Morgan fingerprint density at radius 3 is 2.42 bits per heavy atom. The van der Waals surface area contributed by atoms with Crippen LogP contribution in [0.1, 0.15) is 29.7 Å². The molecule has 0 aliphatic carbocycles. The van der Waals surface area contributed by atoms with Crippen LogP contribution in [-0.2, 0) is 0 Å². The molecule has 2 aromatic carbocycles. The Bertz CT molecular complexity index is 1410. The first-order valence-corrected chi connectivity index (χ1v) is 13.7. The molecule has 0 atom stereocenters. The molecule has 0 saturated carbocycles. The predicted octanol–water partition coefficient (Wildman–Crippen LogP) is 9.33. The van der Waals surface area contributed by atoms with Crippen molar-refractivity contribution < 1.29 is 0 Å². The highest BCUT2D eigenvalue weighted by Gasteiger charge is 2.14. The Hall–Kier alpha value is -3.43. The Balaban J connectivity index is 1.27. The van der Waals surface area contributed by atoms with Crippen LogP contribution in [0, 0.1) is 20.8 Å². The maximum atomic E-state index is 4.49. The summed E-state index contributed by atoms with van der Waals surface area (Å²) in [7, 11) is 2.07. The van der Waals surface area contributed by atoms with Crippen molar-refractivity contribution in [3.8, 4) is 0 Å². The molecule has 0 radical (unpaired) electrons. The van der Waals surface area contributed by atoms with Gasteiger partial charge >= 0.3 is 0 Å². The van der Waals surface area contributed by atoms with Crippen molar-refractivity contribution in [3.05, 3.63) is 70.7 Å². The zero-order chi connectivity index (χ0) is 25.1. The van der Waals surface area contributed by atoms with Crippen molar-refractivity contribution in [1.82, 2.24) is 4.98 Å². The number of rotatable bonds is 7. The Morgan fingerprint density at radius 1 is 0.861 bits per heavy atom. The summed E-state index contributed by atoms with van der Waals surface area (Å²) in [6.07, 6.45) is 2.55. The molecule has 0 bridgehead atoms. The van der Waals surface area contributed by atoms with Crippen molar-refractivity contribution in [2.24, 2.45) is 20.5 Å². The van der Waals surface area contributed by atoms with Crippen LogP contribution in [0.3, 0.4) is 0 Å². The number of aryl methyl sites for hydroxylation is 3. The Kier molecular flexibility index (Phi) is 7.20. The number of azo groups is 2. The van der Waals surface area contributed by atoms with Crippen molar-refractivity contribution in [3.63, 3.8) is 0 Å². The molecule has 7 nitrogen and oxygen atoms in total. The number of benzene rings is 2. The second kappa shape index (κ2) is 10.7. The van der Waals surface area contributed by atoms with Crippen LogP contribution in [0.25, 0.3) is 0 Å². The SMILES string of the molecule is Cc1csc(/N=N/c2ccc(N(C)c3ccc(/N=N/c4ccc(N5CCCC5)s4)cc3C)cc2C)n1. The maximum absolute atomic E-state index is 4.49.